The number of anilines is 1. The number of carboxylic acid groups (broad SMARTS) is 1. The van der Waals surface area contributed by atoms with Gasteiger partial charge in [0.15, 0.2) is 6.10 Å². The molecule has 1 unspecified atom stereocenters. The molecule has 7 nitrogen and oxygen atoms in total. The van der Waals surface area contributed by atoms with Crippen LogP contribution in [-0.4, -0.2) is 48.4 Å². The van der Waals surface area contributed by atoms with Crippen LogP contribution < -0.4 is 5.32 Å². The summed E-state index contributed by atoms with van der Waals surface area (Å²) in [6.45, 7) is 2.10. The normalized spacial score (nSPS) is 11.7. The van der Waals surface area contributed by atoms with Crippen molar-refractivity contribution in [2.45, 2.75) is 13.0 Å². The third-order valence-corrected chi connectivity index (χ3v) is 2.30. The van der Waals surface area contributed by atoms with Gasteiger partial charge in [0.05, 0.1) is 18.7 Å². The summed E-state index contributed by atoms with van der Waals surface area (Å²) in [7, 11) is 1.32. The summed E-state index contributed by atoms with van der Waals surface area (Å²) in [6, 6.07) is 3.12. The van der Waals surface area contributed by atoms with Crippen molar-refractivity contribution < 1.29 is 24.2 Å². The van der Waals surface area contributed by atoms with Gasteiger partial charge in [-0.3, -0.25) is 0 Å². The lowest BCUT2D eigenvalue weighted by atomic mass is 10.3. The van der Waals surface area contributed by atoms with E-state index in [1.807, 2.05) is 0 Å². The molecule has 0 aliphatic heterocycles. The number of hydrogen-bond acceptors (Lipinski definition) is 6. The first kappa shape index (κ1) is 14.9. The predicted octanol–water partition coefficient (Wildman–Crippen LogP) is 0.770. The van der Waals surface area contributed by atoms with Gasteiger partial charge in [0.2, 0.25) is 0 Å². The number of pyridine rings is 1. The van der Waals surface area contributed by atoms with Crippen LogP contribution in [0.15, 0.2) is 18.3 Å². The van der Waals surface area contributed by atoms with E-state index < -0.39 is 18.0 Å². The fraction of sp³-hybridized carbons (Fsp3) is 0.417. The Bertz CT molecular complexity index is 432. The maximum absolute atomic E-state index is 11.4. The first-order valence-electron chi connectivity index (χ1n) is 5.71. The van der Waals surface area contributed by atoms with Crippen LogP contribution in [0, 0.1) is 0 Å². The highest BCUT2D eigenvalue weighted by Crippen LogP contribution is 2.07. The molecule has 0 saturated heterocycles. The van der Waals surface area contributed by atoms with Gasteiger partial charge in [0.1, 0.15) is 5.82 Å². The van der Waals surface area contributed by atoms with Crippen molar-refractivity contribution in [3.63, 3.8) is 0 Å². The van der Waals surface area contributed by atoms with E-state index in [9.17, 15) is 9.59 Å². The second kappa shape index (κ2) is 7.32. The Morgan fingerprint density at radius 3 is 2.68 bits per heavy atom. The van der Waals surface area contributed by atoms with Crippen molar-refractivity contribution in [3.05, 3.63) is 23.9 Å². The quantitative estimate of drug-likeness (QED) is 0.705. The van der Waals surface area contributed by atoms with Crippen LogP contribution in [0.4, 0.5) is 5.82 Å². The largest absolute Gasteiger partial charge is 0.479 e. The number of nitrogens with one attached hydrogen (secondary N) is 1. The van der Waals surface area contributed by atoms with Gasteiger partial charge >= 0.3 is 11.9 Å². The number of rotatable bonds is 7. The molecule has 1 aromatic rings. The summed E-state index contributed by atoms with van der Waals surface area (Å²) in [6.07, 6.45) is 0.412. The number of aromatic nitrogens is 1. The highest BCUT2D eigenvalue weighted by atomic mass is 16.5. The minimum Gasteiger partial charge on any atom is -0.479 e. The van der Waals surface area contributed by atoms with E-state index >= 15 is 0 Å². The molecule has 0 saturated carbocycles. The number of esters is 1. The standard InChI is InChI=1S/C12H16N2O5/c1-3-19-12(17)8-4-5-10(13-6-8)14-7-9(18-2)11(15)16/h4-6,9H,3,7H2,1-2H3,(H,13,14)(H,15,16). The van der Waals surface area contributed by atoms with Crippen molar-refractivity contribution in [2.24, 2.45) is 0 Å². The number of ether oxygens (including phenoxy) is 2. The molecule has 0 fully saturated rings. The summed E-state index contributed by atoms with van der Waals surface area (Å²) >= 11 is 0. The highest BCUT2D eigenvalue weighted by Gasteiger charge is 2.16. The van der Waals surface area contributed by atoms with E-state index in [0.29, 0.717) is 18.0 Å². The lowest BCUT2D eigenvalue weighted by Gasteiger charge is -2.12. The van der Waals surface area contributed by atoms with Gasteiger partial charge in [-0.05, 0) is 19.1 Å². The molecule has 0 spiro atoms. The smallest absolute Gasteiger partial charge is 0.339 e. The zero-order chi connectivity index (χ0) is 14.3. The van der Waals surface area contributed by atoms with Crippen LogP contribution in [-0.2, 0) is 14.3 Å². The summed E-state index contributed by atoms with van der Waals surface area (Å²) in [5, 5.41) is 11.6. The van der Waals surface area contributed by atoms with E-state index in [1.54, 1.807) is 19.1 Å². The summed E-state index contributed by atoms with van der Waals surface area (Å²) in [5.41, 5.74) is 0.342. The van der Waals surface area contributed by atoms with E-state index in [2.05, 4.69) is 10.3 Å². The molecular weight excluding hydrogens is 252 g/mol. The third kappa shape index (κ3) is 4.55. The Balaban J connectivity index is 2.57. The fourth-order valence-corrected chi connectivity index (χ4v) is 1.30. The zero-order valence-corrected chi connectivity index (χ0v) is 10.8. The van der Waals surface area contributed by atoms with Crippen LogP contribution in [0.1, 0.15) is 17.3 Å². The summed E-state index contributed by atoms with van der Waals surface area (Å²) in [4.78, 5) is 26.1. The second-order valence-electron chi connectivity index (χ2n) is 3.60. The Hall–Kier alpha value is -2.15. The van der Waals surface area contributed by atoms with Gasteiger partial charge in [0, 0.05) is 13.3 Å². The number of carbonyl (C=O) groups excluding carboxylic acids is 1. The van der Waals surface area contributed by atoms with Gasteiger partial charge < -0.3 is 19.9 Å². The fourth-order valence-electron chi connectivity index (χ4n) is 1.30. The predicted molar refractivity (Wildman–Crippen MR) is 67.1 cm³/mol. The Labute approximate surface area is 110 Å². The number of hydrogen-bond donors (Lipinski definition) is 2. The SMILES string of the molecule is CCOC(=O)c1ccc(NCC(OC)C(=O)O)nc1. The molecule has 0 amide bonds. The zero-order valence-electron chi connectivity index (χ0n) is 10.8. The lowest BCUT2D eigenvalue weighted by molar-refractivity contribution is -0.147. The molecule has 1 rings (SSSR count). The lowest BCUT2D eigenvalue weighted by Crippen LogP contribution is -2.30. The van der Waals surface area contributed by atoms with Crippen molar-refractivity contribution in [2.75, 3.05) is 25.6 Å². The molecule has 1 heterocycles. The van der Waals surface area contributed by atoms with Crippen LogP contribution in [0.25, 0.3) is 0 Å². The maximum atomic E-state index is 11.4. The molecule has 1 atom stereocenters. The van der Waals surface area contributed by atoms with E-state index in [-0.39, 0.29) is 6.54 Å². The Kier molecular flexibility index (Phi) is 5.74. The van der Waals surface area contributed by atoms with Gasteiger partial charge in [0.25, 0.3) is 0 Å². The Morgan fingerprint density at radius 1 is 1.47 bits per heavy atom. The maximum Gasteiger partial charge on any atom is 0.339 e. The number of carbonyl (C=O) groups is 2. The number of methoxy groups -OCH3 is 1. The van der Waals surface area contributed by atoms with Crippen molar-refractivity contribution in [1.29, 1.82) is 0 Å². The van der Waals surface area contributed by atoms with Gasteiger partial charge in [-0.25, -0.2) is 14.6 Å². The van der Waals surface area contributed by atoms with Crippen LogP contribution in [0.5, 0.6) is 0 Å². The molecule has 104 valence electrons. The molecule has 1 aromatic heterocycles. The number of nitrogens with zero attached hydrogens (tertiary/aromatic N) is 1. The van der Waals surface area contributed by atoms with E-state index in [4.69, 9.17) is 14.6 Å². The molecule has 0 bridgehead atoms. The van der Waals surface area contributed by atoms with Gasteiger partial charge in [-0.2, -0.15) is 0 Å². The minimum absolute atomic E-state index is 0.0809. The number of aliphatic carboxylic acids is 1. The average molecular weight is 268 g/mol. The molecule has 2 N–H and O–H groups in total. The van der Waals surface area contributed by atoms with Gasteiger partial charge in [-0.1, -0.05) is 0 Å². The first-order chi connectivity index (χ1) is 9.08. The minimum atomic E-state index is -1.06. The average Bonchev–Trinajstić information content (AvgIpc) is 2.40. The second-order valence-corrected chi connectivity index (χ2v) is 3.60. The highest BCUT2D eigenvalue weighted by molar-refractivity contribution is 5.89. The topological polar surface area (TPSA) is 97.8 Å². The van der Waals surface area contributed by atoms with Crippen molar-refractivity contribution in [1.82, 2.24) is 4.98 Å². The molecular formula is C12H16N2O5. The first-order valence-corrected chi connectivity index (χ1v) is 5.71. The van der Waals surface area contributed by atoms with Crippen LogP contribution in [0.3, 0.4) is 0 Å². The van der Waals surface area contributed by atoms with Gasteiger partial charge in [-0.15, -0.1) is 0 Å². The third-order valence-electron chi connectivity index (χ3n) is 2.30. The van der Waals surface area contributed by atoms with Crippen molar-refractivity contribution in [3.8, 4) is 0 Å². The molecule has 0 aliphatic rings. The summed E-state index contributed by atoms with van der Waals surface area (Å²) in [5.74, 6) is -1.05. The number of carboxylic acids is 1. The Morgan fingerprint density at radius 2 is 2.21 bits per heavy atom. The van der Waals surface area contributed by atoms with Crippen LogP contribution >= 0.6 is 0 Å². The van der Waals surface area contributed by atoms with Crippen molar-refractivity contribution >= 4 is 17.8 Å². The molecule has 0 aliphatic carbocycles. The summed E-state index contributed by atoms with van der Waals surface area (Å²) < 4.78 is 9.58. The monoisotopic (exact) mass is 268 g/mol. The van der Waals surface area contributed by atoms with Crippen LogP contribution in [0.2, 0.25) is 0 Å². The molecule has 7 heteroatoms. The van der Waals surface area contributed by atoms with E-state index in [1.165, 1.54) is 13.3 Å². The molecule has 19 heavy (non-hydrogen) atoms. The molecule has 0 radical (unpaired) electrons. The molecule has 0 aromatic carbocycles. The van der Waals surface area contributed by atoms with E-state index in [0.717, 1.165) is 0 Å².